The van der Waals surface area contributed by atoms with E-state index in [4.69, 9.17) is 33.5 Å². The fraction of sp³-hybridized carbons (Fsp3) is 0.286. The normalized spacial score (nSPS) is 19.2. The minimum absolute atomic E-state index is 0.0955. The standard InChI is InChI=1S/C35H32O8/c1-22-33-16-27(42-35(36)24-4-8-26(9-5-24)38-20-30-21-40-30)10-12-31(33)32-13-11-28(17-34(22)32)43-41-18-23-2-6-25(7-3-23)37-15-14-29-19-39-29/h2-13,16-17,22,29-30H,14-15,18-21H2,1H3. The second-order valence-corrected chi connectivity index (χ2v) is 11.0. The number of rotatable bonds is 13. The van der Waals surface area contributed by atoms with E-state index in [1.165, 1.54) is 0 Å². The van der Waals surface area contributed by atoms with Gasteiger partial charge < -0.3 is 28.6 Å². The van der Waals surface area contributed by atoms with Crippen LogP contribution in [0.3, 0.4) is 0 Å². The lowest BCUT2D eigenvalue weighted by atomic mass is 9.99. The molecular weight excluding hydrogens is 548 g/mol. The number of epoxide rings is 2. The highest BCUT2D eigenvalue weighted by molar-refractivity contribution is 5.91. The maximum atomic E-state index is 12.8. The first kappa shape index (κ1) is 27.5. The Hall–Kier alpha value is -4.37. The van der Waals surface area contributed by atoms with Crippen molar-refractivity contribution < 1.29 is 38.3 Å². The molecule has 2 fully saturated rings. The predicted molar refractivity (Wildman–Crippen MR) is 158 cm³/mol. The Kier molecular flexibility index (Phi) is 7.72. The minimum atomic E-state index is -0.418. The van der Waals surface area contributed by atoms with Gasteiger partial charge in [0.05, 0.1) is 31.5 Å². The topological polar surface area (TPSA) is 88.3 Å². The molecule has 2 aliphatic heterocycles. The van der Waals surface area contributed by atoms with E-state index in [1.807, 2.05) is 60.7 Å². The Morgan fingerprint density at radius 1 is 0.744 bits per heavy atom. The summed E-state index contributed by atoms with van der Waals surface area (Å²) in [6.07, 6.45) is 1.46. The average Bonchev–Trinajstić information content (AvgIpc) is 3.97. The second-order valence-electron chi connectivity index (χ2n) is 11.0. The quantitative estimate of drug-likeness (QED) is 0.0583. The third kappa shape index (κ3) is 6.67. The number of carbonyl (C=O) groups is 1. The number of hydrogen-bond acceptors (Lipinski definition) is 8. The molecule has 2 heterocycles. The fourth-order valence-corrected chi connectivity index (χ4v) is 5.17. The molecule has 7 rings (SSSR count). The number of esters is 1. The largest absolute Gasteiger partial charge is 0.493 e. The SMILES string of the molecule is CC1c2cc(OOCc3ccc(OCCC4CO4)cc3)ccc2-c2ccc(OC(=O)c3ccc(OCC4CO4)cc3)cc21. The molecule has 8 heteroatoms. The van der Waals surface area contributed by atoms with Crippen LogP contribution in [0.2, 0.25) is 0 Å². The molecule has 220 valence electrons. The Morgan fingerprint density at radius 3 is 2.05 bits per heavy atom. The maximum Gasteiger partial charge on any atom is 0.343 e. The summed E-state index contributed by atoms with van der Waals surface area (Å²) in [7, 11) is 0. The fourth-order valence-electron chi connectivity index (χ4n) is 5.17. The molecule has 0 radical (unpaired) electrons. The Labute approximate surface area is 249 Å². The zero-order valence-corrected chi connectivity index (χ0v) is 23.8. The molecule has 3 aliphatic rings. The van der Waals surface area contributed by atoms with Gasteiger partial charge in [-0.25, -0.2) is 4.79 Å². The van der Waals surface area contributed by atoms with Crippen LogP contribution < -0.4 is 19.1 Å². The smallest absolute Gasteiger partial charge is 0.343 e. The van der Waals surface area contributed by atoms with Crippen LogP contribution in [0.15, 0.2) is 84.9 Å². The molecule has 0 saturated carbocycles. The molecule has 43 heavy (non-hydrogen) atoms. The van der Waals surface area contributed by atoms with Crippen LogP contribution in [-0.2, 0) is 21.0 Å². The van der Waals surface area contributed by atoms with Crippen molar-refractivity contribution in [2.24, 2.45) is 0 Å². The van der Waals surface area contributed by atoms with Gasteiger partial charge in [0.25, 0.3) is 0 Å². The van der Waals surface area contributed by atoms with E-state index in [0.29, 0.717) is 48.7 Å². The lowest BCUT2D eigenvalue weighted by molar-refractivity contribution is -0.217. The van der Waals surface area contributed by atoms with E-state index in [2.05, 4.69) is 6.92 Å². The zero-order chi connectivity index (χ0) is 29.2. The molecule has 8 nitrogen and oxygen atoms in total. The van der Waals surface area contributed by atoms with Crippen molar-refractivity contribution in [1.29, 1.82) is 0 Å². The van der Waals surface area contributed by atoms with Gasteiger partial charge in [0, 0.05) is 12.3 Å². The summed E-state index contributed by atoms with van der Waals surface area (Å²) in [6.45, 7) is 5.19. The van der Waals surface area contributed by atoms with Crippen LogP contribution in [-0.4, -0.2) is 44.6 Å². The highest BCUT2D eigenvalue weighted by Gasteiger charge is 2.27. The van der Waals surface area contributed by atoms with Crippen LogP contribution in [0.1, 0.15) is 46.3 Å². The molecule has 1 aliphatic carbocycles. The predicted octanol–water partition coefficient (Wildman–Crippen LogP) is 6.49. The van der Waals surface area contributed by atoms with Crippen LogP contribution >= 0.6 is 0 Å². The van der Waals surface area contributed by atoms with Crippen LogP contribution in [0.4, 0.5) is 0 Å². The first-order valence-corrected chi connectivity index (χ1v) is 14.6. The summed E-state index contributed by atoms with van der Waals surface area (Å²) < 4.78 is 27.5. The van der Waals surface area contributed by atoms with Crippen molar-refractivity contribution in [3.05, 3.63) is 107 Å². The number of benzene rings is 4. The summed E-state index contributed by atoms with van der Waals surface area (Å²) in [4.78, 5) is 24.0. The Morgan fingerprint density at radius 2 is 1.35 bits per heavy atom. The molecule has 3 unspecified atom stereocenters. The number of ether oxygens (including phenoxy) is 5. The van der Waals surface area contributed by atoms with E-state index >= 15 is 0 Å². The van der Waals surface area contributed by atoms with Gasteiger partial charge in [-0.2, -0.15) is 4.89 Å². The van der Waals surface area contributed by atoms with Gasteiger partial charge in [-0.15, -0.1) is 0 Å². The van der Waals surface area contributed by atoms with Crippen molar-refractivity contribution in [3.8, 4) is 34.1 Å². The molecule has 3 atom stereocenters. The van der Waals surface area contributed by atoms with Crippen molar-refractivity contribution >= 4 is 5.97 Å². The number of fused-ring (bicyclic) bond motifs is 3. The van der Waals surface area contributed by atoms with Crippen molar-refractivity contribution in [2.75, 3.05) is 26.4 Å². The summed E-state index contributed by atoms with van der Waals surface area (Å²) in [6, 6.07) is 26.5. The highest BCUT2D eigenvalue weighted by atomic mass is 17.2. The van der Waals surface area contributed by atoms with Gasteiger partial charge in [0.15, 0.2) is 5.75 Å². The average molecular weight is 581 g/mol. The first-order chi connectivity index (χ1) is 21.1. The monoisotopic (exact) mass is 580 g/mol. The molecule has 4 aromatic rings. The molecule has 0 bridgehead atoms. The third-order valence-corrected chi connectivity index (χ3v) is 7.82. The van der Waals surface area contributed by atoms with Gasteiger partial charge in [-0.05, 0) is 88.5 Å². The summed E-state index contributed by atoms with van der Waals surface area (Å²) in [5.74, 6) is 2.33. The molecule has 0 spiro atoms. The molecule has 0 amide bonds. The van der Waals surface area contributed by atoms with Crippen LogP contribution in [0, 0.1) is 0 Å². The number of hydrogen-bond donors (Lipinski definition) is 0. The molecule has 0 N–H and O–H groups in total. The van der Waals surface area contributed by atoms with E-state index in [9.17, 15) is 4.79 Å². The third-order valence-electron chi connectivity index (χ3n) is 7.82. The lowest BCUT2D eigenvalue weighted by Crippen LogP contribution is -2.09. The van der Waals surface area contributed by atoms with Gasteiger partial charge >= 0.3 is 5.97 Å². The molecule has 4 aromatic carbocycles. The van der Waals surface area contributed by atoms with Gasteiger partial charge in [0.2, 0.25) is 0 Å². The Bertz CT molecular complexity index is 1590. The van der Waals surface area contributed by atoms with E-state index in [0.717, 1.165) is 53.2 Å². The maximum absolute atomic E-state index is 12.8. The van der Waals surface area contributed by atoms with Crippen molar-refractivity contribution in [1.82, 2.24) is 0 Å². The Balaban J connectivity index is 0.930. The summed E-state index contributed by atoms with van der Waals surface area (Å²) in [5.41, 5.74) is 5.90. The highest BCUT2D eigenvalue weighted by Crippen LogP contribution is 2.47. The second kappa shape index (κ2) is 12.1. The van der Waals surface area contributed by atoms with E-state index < -0.39 is 5.97 Å². The van der Waals surface area contributed by atoms with E-state index in [-0.39, 0.29) is 12.0 Å². The van der Waals surface area contributed by atoms with Crippen molar-refractivity contribution in [2.45, 2.75) is 38.1 Å². The zero-order valence-electron chi connectivity index (χ0n) is 23.8. The molecule has 0 aromatic heterocycles. The summed E-state index contributed by atoms with van der Waals surface area (Å²) >= 11 is 0. The van der Waals surface area contributed by atoms with Gasteiger partial charge in [-0.1, -0.05) is 31.2 Å². The van der Waals surface area contributed by atoms with Gasteiger partial charge in [-0.3, -0.25) is 0 Å². The lowest BCUT2D eigenvalue weighted by Gasteiger charge is -2.10. The first-order valence-electron chi connectivity index (χ1n) is 14.6. The van der Waals surface area contributed by atoms with Crippen molar-refractivity contribution in [3.63, 3.8) is 0 Å². The summed E-state index contributed by atoms with van der Waals surface area (Å²) in [5, 5.41) is 0. The molecule has 2 saturated heterocycles. The van der Waals surface area contributed by atoms with E-state index in [1.54, 1.807) is 24.3 Å². The van der Waals surface area contributed by atoms with Gasteiger partial charge in [0.1, 0.15) is 36.6 Å². The number of carbonyl (C=O) groups excluding carboxylic acids is 1. The molecular formula is C35H32O8. The van der Waals surface area contributed by atoms with Crippen LogP contribution in [0.25, 0.3) is 11.1 Å². The van der Waals surface area contributed by atoms with Crippen LogP contribution in [0.5, 0.6) is 23.0 Å². The minimum Gasteiger partial charge on any atom is -0.493 e.